The van der Waals surface area contributed by atoms with Crippen molar-refractivity contribution >= 4 is 23.9 Å². The third-order valence-electron chi connectivity index (χ3n) is 23.5. The molecular weight excluding hydrogens is 1210 g/mol. The number of rotatable bonds is 14. The van der Waals surface area contributed by atoms with E-state index in [0.29, 0.717) is 44.9 Å². The van der Waals surface area contributed by atoms with Crippen LogP contribution in [0.4, 0.5) is 0 Å². The molecule has 0 amide bonds. The number of aliphatic hydroxyl groups excluding tert-OH is 13. The van der Waals surface area contributed by atoms with Crippen molar-refractivity contribution in [2.24, 2.45) is 50.2 Å². The van der Waals surface area contributed by atoms with Gasteiger partial charge in [0, 0.05) is 6.92 Å². The molecule has 0 unspecified atom stereocenters. The van der Waals surface area contributed by atoms with Crippen LogP contribution in [0.5, 0.6) is 0 Å². The fraction of sp³-hybridized carbons (Fsp3) is 0.902. The van der Waals surface area contributed by atoms with Crippen LogP contribution in [0, 0.1) is 50.2 Å². The van der Waals surface area contributed by atoms with Crippen molar-refractivity contribution in [1.29, 1.82) is 0 Å². The highest BCUT2D eigenvalue weighted by Gasteiger charge is 2.73. The number of fused-ring (bicyclic) bond motifs is 7. The molecule has 9 fully saturated rings. The molecule has 10 aliphatic rings. The van der Waals surface area contributed by atoms with Gasteiger partial charge < -0.3 is 129 Å². The lowest BCUT2D eigenvalue weighted by Crippen LogP contribution is -2.69. The Morgan fingerprint density at radius 1 is 0.582 bits per heavy atom. The van der Waals surface area contributed by atoms with Crippen molar-refractivity contribution in [3.8, 4) is 0 Å². The average Bonchev–Trinajstić information content (AvgIpc) is 1.17. The molecule has 0 aromatic carbocycles. The number of aliphatic carboxylic acids is 1. The highest BCUT2D eigenvalue weighted by molar-refractivity contribution is 5.80. The smallest absolute Gasteiger partial charge is 0.335 e. The number of esters is 3. The molecule has 10 rings (SSSR count). The van der Waals surface area contributed by atoms with Gasteiger partial charge in [-0.05, 0) is 118 Å². The number of hydrogen-bond acceptors (Lipinski definition) is 29. The van der Waals surface area contributed by atoms with E-state index in [1.807, 2.05) is 6.92 Å². The summed E-state index contributed by atoms with van der Waals surface area (Å²) in [6.45, 7) is 13.5. The minimum absolute atomic E-state index is 0.0526. The number of carboxylic acid groups (broad SMARTS) is 1. The minimum Gasteiger partial charge on any atom is -0.479 e. The number of carbonyl (C=O) groups is 4. The molecule has 0 radical (unpaired) electrons. The second kappa shape index (κ2) is 25.3. The second-order valence-corrected chi connectivity index (χ2v) is 29.3. The summed E-state index contributed by atoms with van der Waals surface area (Å²) in [6, 6.07) is 0. The summed E-state index contributed by atoms with van der Waals surface area (Å²) in [6.07, 6.45) is -38.0. The van der Waals surface area contributed by atoms with Crippen LogP contribution in [-0.2, 0) is 71.3 Å². The fourth-order valence-electron chi connectivity index (χ4n) is 17.8. The molecule has 5 saturated heterocycles. The Bertz CT molecular complexity index is 2720. The molecule has 0 bridgehead atoms. The Kier molecular flexibility index (Phi) is 19.6. The van der Waals surface area contributed by atoms with Crippen LogP contribution in [0.25, 0.3) is 0 Å². The van der Waals surface area contributed by atoms with E-state index in [1.54, 1.807) is 0 Å². The van der Waals surface area contributed by atoms with Crippen molar-refractivity contribution in [2.45, 2.75) is 273 Å². The molecule has 33 atom stereocenters. The molecule has 91 heavy (non-hydrogen) atoms. The van der Waals surface area contributed by atoms with Gasteiger partial charge in [-0.1, -0.05) is 46.3 Å². The predicted molar refractivity (Wildman–Crippen MR) is 300 cm³/mol. The van der Waals surface area contributed by atoms with Crippen LogP contribution in [0.1, 0.15) is 120 Å². The Balaban J connectivity index is 0.976. The maximum atomic E-state index is 16.0. The topological polar surface area (TPSA) is 473 Å². The maximum absolute atomic E-state index is 16.0. The van der Waals surface area contributed by atoms with Gasteiger partial charge in [-0.3, -0.25) is 14.4 Å². The monoisotopic (exact) mass is 1310 g/mol. The average molecular weight is 1310 g/mol. The molecular formula is C61H94O30. The Morgan fingerprint density at radius 3 is 1.82 bits per heavy atom. The number of ether oxygens (including phenoxy) is 11. The third-order valence-corrected chi connectivity index (χ3v) is 23.5. The summed E-state index contributed by atoms with van der Waals surface area (Å²) < 4.78 is 66.0. The van der Waals surface area contributed by atoms with Crippen LogP contribution in [0.15, 0.2) is 11.6 Å². The Labute approximate surface area is 525 Å². The van der Waals surface area contributed by atoms with Crippen molar-refractivity contribution in [1.82, 2.24) is 0 Å². The summed E-state index contributed by atoms with van der Waals surface area (Å²) in [4.78, 5) is 55.6. The van der Waals surface area contributed by atoms with E-state index in [0.717, 1.165) is 12.5 Å². The number of carboxylic acids is 1. The standard InChI is InChI=1S/C61H94O30/c1-23-32(66)41(86-48-37(71)34(68)33(67)29(20-62)85-48)39(73)50(82-23)89-44-43(88-52-46(75)61(80,21-63)22-81-52)40(84-25(3)64)24(2)83-51(44)91-54(79)60-16-14-55(4,5)18-27(60)26-10-11-30-56(6)19-28(65)45(74)59(9,31(56)12-13-58(30,8)57(26,7)15-17-60)53(78)90-49-38(72)35(69)36(70)42(87-49)47(76)77/h10,23-24,27-46,48-52,62-63,65-75,80H,11-22H2,1-9H3,(H,76,77)/t23-,24+,27-,28-,29+,30+,31+,32-,33+,34-,35-,36-,37+,38+,39+,40+,41+,42-,43-,44+,45-,46-,48-,49-,50-,51-,52-,56+,57+,58+,59-,60-,61+/m0/s1. The number of carbonyl (C=O) groups excluding carboxylic acids is 3. The molecule has 30 nitrogen and oxygen atoms in total. The normalized spacial score (nSPS) is 52.9. The number of aliphatic hydroxyl groups is 14. The molecule has 4 saturated carbocycles. The summed E-state index contributed by atoms with van der Waals surface area (Å²) in [5.41, 5.74) is -6.98. The first-order valence-electron chi connectivity index (χ1n) is 31.6. The van der Waals surface area contributed by atoms with Crippen LogP contribution in [-0.4, -0.2) is 273 Å². The molecule has 0 aromatic rings. The zero-order chi connectivity index (χ0) is 66.9. The lowest BCUT2D eigenvalue weighted by atomic mass is 9.33. The van der Waals surface area contributed by atoms with E-state index in [9.17, 15) is 91.0 Å². The van der Waals surface area contributed by atoms with Gasteiger partial charge >= 0.3 is 23.9 Å². The first kappa shape index (κ1) is 70.5. The molecule has 0 aromatic heterocycles. The lowest BCUT2D eigenvalue weighted by molar-refractivity contribution is -0.386. The summed E-state index contributed by atoms with van der Waals surface area (Å²) in [7, 11) is 0. The molecule has 518 valence electrons. The van der Waals surface area contributed by atoms with Gasteiger partial charge in [-0.2, -0.15) is 0 Å². The van der Waals surface area contributed by atoms with Crippen molar-refractivity contribution < 1.29 is 148 Å². The quantitative estimate of drug-likeness (QED) is 0.0458. The lowest BCUT2D eigenvalue weighted by Gasteiger charge is -2.71. The van der Waals surface area contributed by atoms with Crippen molar-refractivity contribution in [3.63, 3.8) is 0 Å². The zero-order valence-electron chi connectivity index (χ0n) is 52.5. The third kappa shape index (κ3) is 11.6. The number of hydrogen-bond donors (Lipinski definition) is 15. The van der Waals surface area contributed by atoms with E-state index in [-0.39, 0.29) is 24.2 Å². The van der Waals surface area contributed by atoms with Crippen LogP contribution in [0.2, 0.25) is 0 Å². The summed E-state index contributed by atoms with van der Waals surface area (Å²) >= 11 is 0. The summed E-state index contributed by atoms with van der Waals surface area (Å²) in [5, 5.41) is 163. The Morgan fingerprint density at radius 2 is 1.19 bits per heavy atom. The maximum Gasteiger partial charge on any atom is 0.335 e. The van der Waals surface area contributed by atoms with Crippen LogP contribution < -0.4 is 0 Å². The minimum atomic E-state index is -2.25. The zero-order valence-corrected chi connectivity index (χ0v) is 52.5. The Hall–Kier alpha value is -3.26. The van der Waals surface area contributed by atoms with Gasteiger partial charge in [0.1, 0.15) is 78.8 Å². The predicted octanol–water partition coefficient (Wildman–Crippen LogP) is -3.38. The van der Waals surface area contributed by atoms with Crippen molar-refractivity contribution in [2.75, 3.05) is 19.8 Å². The van der Waals surface area contributed by atoms with Gasteiger partial charge in [-0.25, -0.2) is 4.79 Å². The summed E-state index contributed by atoms with van der Waals surface area (Å²) in [5.74, 6) is -5.90. The van der Waals surface area contributed by atoms with Gasteiger partial charge in [0.15, 0.2) is 37.2 Å². The molecule has 5 heterocycles. The van der Waals surface area contributed by atoms with E-state index >= 15 is 4.79 Å². The molecule has 5 aliphatic carbocycles. The van der Waals surface area contributed by atoms with Gasteiger partial charge in [0.2, 0.25) is 12.6 Å². The molecule has 15 N–H and O–H groups in total. The van der Waals surface area contributed by atoms with Crippen LogP contribution >= 0.6 is 0 Å². The molecule has 30 heteroatoms. The van der Waals surface area contributed by atoms with Gasteiger partial charge in [0.05, 0.1) is 55.1 Å². The van der Waals surface area contributed by atoms with Crippen LogP contribution in [0.3, 0.4) is 0 Å². The van der Waals surface area contributed by atoms with E-state index in [1.165, 1.54) is 20.8 Å². The highest BCUT2D eigenvalue weighted by atomic mass is 16.8. The van der Waals surface area contributed by atoms with E-state index < -0.39 is 236 Å². The van der Waals surface area contributed by atoms with Crippen molar-refractivity contribution in [3.05, 3.63) is 11.6 Å². The molecule has 5 aliphatic heterocycles. The fourth-order valence-corrected chi connectivity index (χ4v) is 17.8. The number of allylic oxidation sites excluding steroid dienone is 2. The van der Waals surface area contributed by atoms with Gasteiger partial charge in [-0.15, -0.1) is 0 Å². The SMILES string of the molecule is CC(=O)O[C@H]1[C@H](O[C@@H]2OC[C@](O)(CO)[C@H]2O)[C@@H](O[C@@H]2O[C@@H](C)[C@H](O)[C@@H](O[C@@H]3O[C@H](CO)[C@@H](O)[C@H](O)[C@H]3O)[C@H]2O)[C@H](OC(=O)[C@]23CCC(C)(C)C[C@H]2C2=CC[C@@H]4[C@@]5(C)C[C@H](O)[C@H](O)[C@@](C)(C(=O)O[C@@H]6O[C@H](C(=O)O)[C@@H](O)[C@H](O)[C@H]6O)[C@@H]5CC[C@@]4(C)[C@]2(C)CC3)O[C@@H]1C. The highest BCUT2D eigenvalue weighted by Crippen LogP contribution is 2.76. The second-order valence-electron chi connectivity index (χ2n) is 29.3. The van der Waals surface area contributed by atoms with E-state index in [4.69, 9.17) is 52.1 Å². The van der Waals surface area contributed by atoms with Gasteiger partial charge in [0.25, 0.3) is 0 Å². The first-order chi connectivity index (χ1) is 42.4. The largest absolute Gasteiger partial charge is 0.479 e. The molecule has 0 spiro atoms. The first-order valence-corrected chi connectivity index (χ1v) is 31.6. The van der Waals surface area contributed by atoms with E-state index in [2.05, 4.69) is 33.8 Å².